The third-order valence-electron chi connectivity index (χ3n) is 3.62. The van der Waals surface area contributed by atoms with Crippen LogP contribution in [0.2, 0.25) is 0 Å². The van der Waals surface area contributed by atoms with Crippen molar-refractivity contribution in [1.29, 1.82) is 0 Å². The molecule has 9 heteroatoms. The Kier molecular flexibility index (Phi) is 6.97. The minimum Gasteiger partial charge on any atom is -0.383 e. The number of hydrogen-bond acceptors (Lipinski definition) is 6. The molecular weight excluding hydrogens is 430 g/mol. The second kappa shape index (κ2) is 9.63. The number of benzene rings is 1. The fraction of sp³-hybridized carbons (Fsp3) is 0.222. The van der Waals surface area contributed by atoms with E-state index in [9.17, 15) is 4.79 Å². The number of nitrogens with one attached hydrogen (secondary N) is 1. The highest BCUT2D eigenvalue weighted by Gasteiger charge is 2.15. The molecular formula is C18H18BrN5O2S. The molecule has 7 nitrogen and oxygen atoms in total. The number of pyridine rings is 1. The van der Waals surface area contributed by atoms with Crippen molar-refractivity contribution in [3.63, 3.8) is 0 Å². The van der Waals surface area contributed by atoms with Crippen molar-refractivity contribution < 1.29 is 9.53 Å². The predicted octanol–water partition coefficient (Wildman–Crippen LogP) is 3.48. The molecule has 0 radical (unpaired) electrons. The molecule has 3 aromatic rings. The molecule has 1 N–H and O–H groups in total. The number of halogens is 1. The lowest BCUT2D eigenvalue weighted by Crippen LogP contribution is -2.15. The van der Waals surface area contributed by atoms with Crippen LogP contribution in [0, 0.1) is 0 Å². The summed E-state index contributed by atoms with van der Waals surface area (Å²) in [4.78, 5) is 16.3. The lowest BCUT2D eigenvalue weighted by atomic mass is 10.2. The number of aromatic nitrogens is 4. The van der Waals surface area contributed by atoms with Crippen LogP contribution in [0.15, 0.2) is 58.4 Å². The smallest absolute Gasteiger partial charge is 0.234 e. The number of rotatable bonds is 8. The largest absolute Gasteiger partial charge is 0.383 e. The first kappa shape index (κ1) is 19.5. The third kappa shape index (κ3) is 5.38. The molecule has 1 amide bonds. The molecule has 27 heavy (non-hydrogen) atoms. The van der Waals surface area contributed by atoms with Gasteiger partial charge in [0.15, 0.2) is 11.0 Å². The van der Waals surface area contributed by atoms with Gasteiger partial charge in [-0.2, -0.15) is 0 Å². The van der Waals surface area contributed by atoms with Crippen LogP contribution < -0.4 is 5.32 Å². The van der Waals surface area contributed by atoms with Crippen LogP contribution in [0.1, 0.15) is 0 Å². The fourth-order valence-electron chi connectivity index (χ4n) is 2.39. The molecule has 0 atom stereocenters. The summed E-state index contributed by atoms with van der Waals surface area (Å²) in [6, 6.07) is 11.2. The molecule has 0 spiro atoms. The van der Waals surface area contributed by atoms with Gasteiger partial charge in [0, 0.05) is 35.2 Å². The Morgan fingerprint density at radius 1 is 1.26 bits per heavy atom. The van der Waals surface area contributed by atoms with Gasteiger partial charge in [-0.3, -0.25) is 14.3 Å². The molecule has 1 aromatic carbocycles. The van der Waals surface area contributed by atoms with Crippen molar-refractivity contribution in [2.45, 2.75) is 11.7 Å². The van der Waals surface area contributed by atoms with E-state index in [2.05, 4.69) is 36.4 Å². The van der Waals surface area contributed by atoms with Gasteiger partial charge in [-0.1, -0.05) is 33.8 Å². The average Bonchev–Trinajstić information content (AvgIpc) is 3.08. The number of carbonyl (C=O) groups excluding carboxylic acids is 1. The van der Waals surface area contributed by atoms with Gasteiger partial charge in [-0.25, -0.2) is 0 Å². The van der Waals surface area contributed by atoms with Crippen LogP contribution in [0.5, 0.6) is 0 Å². The van der Waals surface area contributed by atoms with Crippen molar-refractivity contribution in [1.82, 2.24) is 19.7 Å². The van der Waals surface area contributed by atoms with Crippen molar-refractivity contribution in [3.8, 4) is 11.4 Å². The van der Waals surface area contributed by atoms with E-state index in [1.165, 1.54) is 11.8 Å². The van der Waals surface area contributed by atoms with Gasteiger partial charge in [0.2, 0.25) is 5.91 Å². The Morgan fingerprint density at radius 2 is 2.07 bits per heavy atom. The minimum absolute atomic E-state index is 0.107. The number of anilines is 1. The topological polar surface area (TPSA) is 81.9 Å². The van der Waals surface area contributed by atoms with Gasteiger partial charge in [0.25, 0.3) is 0 Å². The van der Waals surface area contributed by atoms with E-state index in [4.69, 9.17) is 4.74 Å². The van der Waals surface area contributed by atoms with Crippen molar-refractivity contribution >= 4 is 39.3 Å². The highest BCUT2D eigenvalue weighted by atomic mass is 79.9. The summed E-state index contributed by atoms with van der Waals surface area (Å²) in [6.07, 6.45) is 3.42. The number of carbonyl (C=O) groups is 1. The van der Waals surface area contributed by atoms with E-state index in [1.54, 1.807) is 19.5 Å². The predicted molar refractivity (Wildman–Crippen MR) is 109 cm³/mol. The van der Waals surface area contributed by atoms with Crippen LogP contribution in [0.25, 0.3) is 11.4 Å². The summed E-state index contributed by atoms with van der Waals surface area (Å²) in [5, 5.41) is 12.1. The van der Waals surface area contributed by atoms with Gasteiger partial charge in [-0.05, 0) is 30.3 Å². The Morgan fingerprint density at radius 3 is 2.81 bits per heavy atom. The maximum Gasteiger partial charge on any atom is 0.234 e. The van der Waals surface area contributed by atoms with E-state index in [0.717, 1.165) is 21.5 Å². The molecule has 2 heterocycles. The number of thioether (sulfide) groups is 1. The zero-order valence-electron chi connectivity index (χ0n) is 14.6. The minimum atomic E-state index is -0.107. The first-order valence-electron chi connectivity index (χ1n) is 8.18. The Bertz CT molecular complexity index is 904. The number of methoxy groups -OCH3 is 1. The fourth-order valence-corrected chi connectivity index (χ4v) is 3.55. The molecule has 0 fully saturated rings. The lowest BCUT2D eigenvalue weighted by Gasteiger charge is -2.10. The van der Waals surface area contributed by atoms with Crippen LogP contribution in [-0.4, -0.2) is 45.1 Å². The molecule has 140 valence electrons. The Balaban J connectivity index is 1.70. The number of amides is 1. The molecule has 0 saturated heterocycles. The summed E-state index contributed by atoms with van der Waals surface area (Å²) in [5.74, 6) is 0.850. The normalized spacial score (nSPS) is 10.7. The second-order valence-corrected chi connectivity index (χ2v) is 7.39. The molecule has 0 saturated carbocycles. The van der Waals surface area contributed by atoms with E-state index in [1.807, 2.05) is 41.0 Å². The van der Waals surface area contributed by atoms with E-state index < -0.39 is 0 Å². The molecule has 3 rings (SSSR count). The van der Waals surface area contributed by atoms with Crippen molar-refractivity contribution in [2.75, 3.05) is 24.8 Å². The molecule has 2 aromatic heterocycles. The summed E-state index contributed by atoms with van der Waals surface area (Å²) >= 11 is 4.73. The second-order valence-electron chi connectivity index (χ2n) is 5.53. The summed E-state index contributed by atoms with van der Waals surface area (Å²) in [7, 11) is 1.65. The van der Waals surface area contributed by atoms with Crippen LogP contribution in [0.4, 0.5) is 5.69 Å². The van der Waals surface area contributed by atoms with E-state index in [0.29, 0.717) is 18.3 Å². The third-order valence-corrected chi connectivity index (χ3v) is 5.08. The van der Waals surface area contributed by atoms with Crippen LogP contribution >= 0.6 is 27.7 Å². The summed E-state index contributed by atoms with van der Waals surface area (Å²) in [6.45, 7) is 1.12. The standard InChI is InChI=1S/C18H18BrN5O2S/c1-26-10-9-24-17(13-5-7-20-8-6-13)22-23-18(24)27-12-16(25)21-15-4-2-3-14(19)11-15/h2-8,11H,9-10,12H2,1H3,(H,21,25). The highest BCUT2D eigenvalue weighted by molar-refractivity contribution is 9.10. The number of nitrogens with zero attached hydrogens (tertiary/aromatic N) is 4. The van der Waals surface area contributed by atoms with Gasteiger partial charge >= 0.3 is 0 Å². The molecule has 0 unspecified atom stereocenters. The van der Waals surface area contributed by atoms with Crippen molar-refractivity contribution in [2.24, 2.45) is 0 Å². The lowest BCUT2D eigenvalue weighted by molar-refractivity contribution is -0.113. The maximum atomic E-state index is 12.3. The highest BCUT2D eigenvalue weighted by Crippen LogP contribution is 2.24. The number of hydrogen-bond donors (Lipinski definition) is 1. The molecule has 0 bridgehead atoms. The quantitative estimate of drug-likeness (QED) is 0.532. The molecule has 0 aliphatic carbocycles. The molecule has 0 aliphatic rings. The van der Waals surface area contributed by atoms with Crippen molar-refractivity contribution in [3.05, 3.63) is 53.3 Å². The van der Waals surface area contributed by atoms with E-state index in [-0.39, 0.29) is 11.7 Å². The Labute approximate surface area is 169 Å². The zero-order chi connectivity index (χ0) is 19.1. The van der Waals surface area contributed by atoms with E-state index >= 15 is 0 Å². The first-order valence-corrected chi connectivity index (χ1v) is 9.96. The summed E-state index contributed by atoms with van der Waals surface area (Å²) in [5.41, 5.74) is 1.66. The van der Waals surface area contributed by atoms with Crippen LogP contribution in [0.3, 0.4) is 0 Å². The first-order chi connectivity index (χ1) is 13.2. The van der Waals surface area contributed by atoms with Gasteiger partial charge in [0.05, 0.1) is 18.9 Å². The number of ether oxygens (including phenoxy) is 1. The maximum absolute atomic E-state index is 12.3. The summed E-state index contributed by atoms with van der Waals surface area (Å²) < 4.78 is 8.06. The van der Waals surface area contributed by atoms with Gasteiger partial charge < -0.3 is 10.1 Å². The van der Waals surface area contributed by atoms with Gasteiger partial charge in [-0.15, -0.1) is 10.2 Å². The SMILES string of the molecule is COCCn1c(SCC(=O)Nc2cccc(Br)c2)nnc1-c1ccncc1. The zero-order valence-corrected chi connectivity index (χ0v) is 17.0. The molecule has 0 aliphatic heterocycles. The van der Waals surface area contributed by atoms with Crippen LogP contribution in [-0.2, 0) is 16.1 Å². The Hall–Kier alpha value is -2.23. The van der Waals surface area contributed by atoms with Gasteiger partial charge in [0.1, 0.15) is 0 Å². The monoisotopic (exact) mass is 447 g/mol. The average molecular weight is 448 g/mol.